The van der Waals surface area contributed by atoms with Crippen LogP contribution in [0.1, 0.15) is 31.4 Å². The molecule has 0 radical (unpaired) electrons. The number of carbonyl (C=O) groups is 1. The van der Waals surface area contributed by atoms with Gasteiger partial charge in [0.15, 0.2) is 6.10 Å². The fraction of sp³-hybridized carbons (Fsp3) is 0.444. The molecule has 1 fully saturated rings. The average Bonchev–Trinajstić information content (AvgIpc) is 3.25. The zero-order valence-corrected chi connectivity index (χ0v) is 13.5. The lowest BCUT2D eigenvalue weighted by Gasteiger charge is -2.29. The summed E-state index contributed by atoms with van der Waals surface area (Å²) in [6.45, 7) is 3.98. The first-order valence-corrected chi connectivity index (χ1v) is 8.24. The van der Waals surface area contributed by atoms with Gasteiger partial charge in [-0.25, -0.2) is 0 Å². The first kappa shape index (κ1) is 15.7. The second-order valence-corrected chi connectivity index (χ2v) is 5.80. The van der Waals surface area contributed by atoms with Gasteiger partial charge >= 0.3 is 0 Å². The standard InChI is InChI=1S/C18H23N3O2/c1-2-23-17(15-8-4-3-5-9-15)18(22)21-13-6-10-16(21)14-20-12-7-11-19-20/h3-5,7-9,11-12,16-17H,2,6,10,13-14H2,1H3/t16-,17-/m0/s1. The zero-order valence-electron chi connectivity index (χ0n) is 13.5. The second-order valence-electron chi connectivity index (χ2n) is 5.80. The average molecular weight is 313 g/mol. The van der Waals surface area contributed by atoms with Crippen molar-refractivity contribution in [1.29, 1.82) is 0 Å². The number of rotatable bonds is 6. The Morgan fingerprint density at radius 3 is 2.87 bits per heavy atom. The van der Waals surface area contributed by atoms with Crippen LogP contribution in [0.15, 0.2) is 48.8 Å². The molecule has 0 bridgehead atoms. The summed E-state index contributed by atoms with van der Waals surface area (Å²) in [5, 5.41) is 4.26. The number of nitrogens with zero attached hydrogens (tertiary/aromatic N) is 3. The molecule has 2 heterocycles. The summed E-state index contributed by atoms with van der Waals surface area (Å²) in [6, 6.07) is 11.9. The fourth-order valence-electron chi connectivity index (χ4n) is 3.20. The summed E-state index contributed by atoms with van der Waals surface area (Å²) >= 11 is 0. The number of likely N-dealkylation sites (tertiary alicyclic amines) is 1. The first-order chi connectivity index (χ1) is 11.3. The van der Waals surface area contributed by atoms with Crippen LogP contribution in [-0.4, -0.2) is 39.8 Å². The Kier molecular flexibility index (Phi) is 5.08. The maximum Gasteiger partial charge on any atom is 0.256 e. The largest absolute Gasteiger partial charge is 0.364 e. The lowest BCUT2D eigenvalue weighted by atomic mass is 10.1. The molecule has 3 rings (SSSR count). The maximum absolute atomic E-state index is 13.0. The SMILES string of the molecule is CCO[C@H](C(=O)N1CCC[C@H]1Cn1cccn1)c1ccccc1. The van der Waals surface area contributed by atoms with Gasteiger partial charge in [0, 0.05) is 25.5 Å². The Balaban J connectivity index is 1.76. The van der Waals surface area contributed by atoms with Gasteiger partial charge in [-0.2, -0.15) is 5.10 Å². The Labute approximate surface area is 136 Å². The number of benzene rings is 1. The van der Waals surface area contributed by atoms with E-state index in [4.69, 9.17) is 4.74 Å². The molecular formula is C18H23N3O2. The van der Waals surface area contributed by atoms with Crippen LogP contribution in [0.25, 0.3) is 0 Å². The lowest BCUT2D eigenvalue weighted by Crippen LogP contribution is -2.41. The Morgan fingerprint density at radius 1 is 1.35 bits per heavy atom. The molecule has 0 spiro atoms. The number of carbonyl (C=O) groups excluding carboxylic acids is 1. The van der Waals surface area contributed by atoms with Crippen molar-refractivity contribution >= 4 is 5.91 Å². The van der Waals surface area contributed by atoms with Gasteiger partial charge in [0.25, 0.3) is 5.91 Å². The summed E-state index contributed by atoms with van der Waals surface area (Å²) in [6.07, 6.45) is 5.25. The van der Waals surface area contributed by atoms with Crippen molar-refractivity contribution in [3.63, 3.8) is 0 Å². The van der Waals surface area contributed by atoms with Crippen molar-refractivity contribution in [2.24, 2.45) is 0 Å². The van der Waals surface area contributed by atoms with Gasteiger partial charge < -0.3 is 9.64 Å². The molecule has 0 saturated carbocycles. The minimum Gasteiger partial charge on any atom is -0.364 e. The Hall–Kier alpha value is -2.14. The number of hydrogen-bond donors (Lipinski definition) is 0. The third-order valence-electron chi connectivity index (χ3n) is 4.28. The molecule has 1 aliphatic heterocycles. The molecule has 1 amide bonds. The molecule has 5 heteroatoms. The molecule has 1 saturated heterocycles. The van der Waals surface area contributed by atoms with Gasteiger partial charge in [0.1, 0.15) is 0 Å². The predicted molar refractivity (Wildman–Crippen MR) is 87.8 cm³/mol. The van der Waals surface area contributed by atoms with Gasteiger partial charge in [-0.05, 0) is 31.4 Å². The van der Waals surface area contributed by atoms with Gasteiger partial charge in [-0.15, -0.1) is 0 Å². The molecule has 1 aromatic heterocycles. The van der Waals surface area contributed by atoms with Crippen molar-refractivity contribution in [3.05, 3.63) is 54.4 Å². The third kappa shape index (κ3) is 3.62. The maximum atomic E-state index is 13.0. The van der Waals surface area contributed by atoms with E-state index < -0.39 is 6.10 Å². The number of ether oxygens (including phenoxy) is 1. The summed E-state index contributed by atoms with van der Waals surface area (Å²) in [7, 11) is 0. The molecule has 2 aromatic rings. The van der Waals surface area contributed by atoms with E-state index in [-0.39, 0.29) is 11.9 Å². The minimum absolute atomic E-state index is 0.0627. The van der Waals surface area contributed by atoms with Gasteiger partial charge in [-0.3, -0.25) is 9.48 Å². The Morgan fingerprint density at radius 2 is 2.17 bits per heavy atom. The van der Waals surface area contributed by atoms with E-state index in [0.29, 0.717) is 6.61 Å². The molecule has 23 heavy (non-hydrogen) atoms. The summed E-state index contributed by atoms with van der Waals surface area (Å²) in [5.41, 5.74) is 0.920. The molecule has 0 aliphatic carbocycles. The molecule has 122 valence electrons. The van der Waals surface area contributed by atoms with Crippen LogP contribution in [0, 0.1) is 0 Å². The topological polar surface area (TPSA) is 47.4 Å². The normalized spacial score (nSPS) is 19.0. The van der Waals surface area contributed by atoms with E-state index in [1.54, 1.807) is 6.20 Å². The third-order valence-corrected chi connectivity index (χ3v) is 4.28. The summed E-state index contributed by atoms with van der Waals surface area (Å²) < 4.78 is 7.67. The first-order valence-electron chi connectivity index (χ1n) is 8.24. The van der Waals surface area contributed by atoms with Crippen LogP contribution >= 0.6 is 0 Å². The van der Waals surface area contributed by atoms with Crippen LogP contribution in [0.2, 0.25) is 0 Å². The second kappa shape index (κ2) is 7.42. The molecule has 5 nitrogen and oxygen atoms in total. The zero-order chi connectivity index (χ0) is 16.1. The molecule has 1 aromatic carbocycles. The molecule has 0 unspecified atom stereocenters. The highest BCUT2D eigenvalue weighted by Crippen LogP contribution is 2.26. The molecule has 0 N–H and O–H groups in total. The van der Waals surface area contributed by atoms with E-state index in [2.05, 4.69) is 5.10 Å². The Bertz CT molecular complexity index is 612. The fourth-order valence-corrected chi connectivity index (χ4v) is 3.20. The lowest BCUT2D eigenvalue weighted by molar-refractivity contribution is -0.145. The smallest absolute Gasteiger partial charge is 0.256 e. The van der Waals surface area contributed by atoms with E-state index in [1.807, 2.05) is 59.1 Å². The van der Waals surface area contributed by atoms with E-state index >= 15 is 0 Å². The van der Waals surface area contributed by atoms with Crippen LogP contribution in [0.4, 0.5) is 0 Å². The molecule has 1 aliphatic rings. The van der Waals surface area contributed by atoms with Crippen molar-refractivity contribution in [2.45, 2.75) is 38.5 Å². The highest BCUT2D eigenvalue weighted by atomic mass is 16.5. The van der Waals surface area contributed by atoms with E-state index in [1.165, 1.54) is 0 Å². The molecule has 2 atom stereocenters. The van der Waals surface area contributed by atoms with Crippen molar-refractivity contribution in [3.8, 4) is 0 Å². The molecular weight excluding hydrogens is 290 g/mol. The van der Waals surface area contributed by atoms with Crippen molar-refractivity contribution in [1.82, 2.24) is 14.7 Å². The van der Waals surface area contributed by atoms with Gasteiger partial charge in [0.2, 0.25) is 0 Å². The van der Waals surface area contributed by atoms with E-state index in [9.17, 15) is 4.79 Å². The van der Waals surface area contributed by atoms with Crippen LogP contribution in [0.3, 0.4) is 0 Å². The highest BCUT2D eigenvalue weighted by Gasteiger charge is 2.34. The number of amides is 1. The van der Waals surface area contributed by atoms with Crippen molar-refractivity contribution < 1.29 is 9.53 Å². The summed E-state index contributed by atoms with van der Waals surface area (Å²) in [4.78, 5) is 15.0. The monoisotopic (exact) mass is 313 g/mol. The van der Waals surface area contributed by atoms with E-state index in [0.717, 1.165) is 31.5 Å². The predicted octanol–water partition coefficient (Wildman–Crippen LogP) is 2.65. The minimum atomic E-state index is -0.514. The highest BCUT2D eigenvalue weighted by molar-refractivity contribution is 5.83. The van der Waals surface area contributed by atoms with Crippen LogP contribution in [-0.2, 0) is 16.1 Å². The van der Waals surface area contributed by atoms with Crippen LogP contribution in [0.5, 0.6) is 0 Å². The number of aromatic nitrogens is 2. The summed E-state index contributed by atoms with van der Waals surface area (Å²) in [5.74, 6) is 0.0627. The number of hydrogen-bond acceptors (Lipinski definition) is 3. The quantitative estimate of drug-likeness (QED) is 0.824. The van der Waals surface area contributed by atoms with Gasteiger partial charge in [-0.1, -0.05) is 30.3 Å². The van der Waals surface area contributed by atoms with Crippen molar-refractivity contribution in [2.75, 3.05) is 13.2 Å². The van der Waals surface area contributed by atoms with Crippen LogP contribution < -0.4 is 0 Å². The van der Waals surface area contributed by atoms with Gasteiger partial charge in [0.05, 0.1) is 12.6 Å².